The smallest absolute Gasteiger partial charge is 0.220 e. The van der Waals surface area contributed by atoms with E-state index in [9.17, 15) is 4.79 Å². The molecule has 144 valence electrons. The van der Waals surface area contributed by atoms with Gasteiger partial charge in [0.2, 0.25) is 5.91 Å². The van der Waals surface area contributed by atoms with Gasteiger partial charge in [0.1, 0.15) is 0 Å². The van der Waals surface area contributed by atoms with Gasteiger partial charge in [-0.1, -0.05) is 24.3 Å². The average Bonchev–Trinajstić information content (AvgIpc) is 2.54. The standard InChI is InChI=1S/C18H29N3O2.2ClH/c1-15-13-21(9-10-23-15)14-17-6-3-5-16(11-17)12-20-18(22)7-4-8-19-2;;/h3,5-6,11,15,19H,4,7-10,12-14H2,1-2H3,(H,20,22);2*1H. The van der Waals surface area contributed by atoms with Crippen molar-refractivity contribution in [3.8, 4) is 0 Å². The Morgan fingerprint density at radius 1 is 1.32 bits per heavy atom. The fraction of sp³-hybridized carbons (Fsp3) is 0.611. The van der Waals surface area contributed by atoms with Crippen molar-refractivity contribution >= 4 is 30.7 Å². The van der Waals surface area contributed by atoms with Crippen molar-refractivity contribution < 1.29 is 9.53 Å². The molecular weight excluding hydrogens is 361 g/mol. The van der Waals surface area contributed by atoms with Gasteiger partial charge < -0.3 is 15.4 Å². The number of morpholine rings is 1. The zero-order valence-corrected chi connectivity index (χ0v) is 16.8. The normalized spacial score (nSPS) is 17.3. The third-order valence-corrected chi connectivity index (χ3v) is 4.04. The lowest BCUT2D eigenvalue weighted by atomic mass is 10.1. The van der Waals surface area contributed by atoms with Gasteiger partial charge in [-0.25, -0.2) is 0 Å². The minimum atomic E-state index is 0. The molecule has 1 saturated heterocycles. The molecule has 0 bridgehead atoms. The van der Waals surface area contributed by atoms with E-state index < -0.39 is 0 Å². The van der Waals surface area contributed by atoms with E-state index in [0.717, 1.165) is 44.8 Å². The van der Waals surface area contributed by atoms with Crippen molar-refractivity contribution in [3.63, 3.8) is 0 Å². The molecule has 1 atom stereocenters. The SMILES string of the molecule is CNCCCC(=O)NCc1cccc(CN2CCOC(C)C2)c1.Cl.Cl. The highest BCUT2D eigenvalue weighted by molar-refractivity contribution is 5.85. The van der Waals surface area contributed by atoms with Crippen LogP contribution in [0.25, 0.3) is 0 Å². The number of rotatable bonds is 8. The van der Waals surface area contributed by atoms with Crippen LogP contribution in [0.4, 0.5) is 0 Å². The molecule has 1 aliphatic rings. The van der Waals surface area contributed by atoms with Gasteiger partial charge >= 0.3 is 0 Å². The van der Waals surface area contributed by atoms with Crippen molar-refractivity contribution in [2.45, 2.75) is 39.0 Å². The third kappa shape index (κ3) is 9.42. The van der Waals surface area contributed by atoms with E-state index in [0.29, 0.717) is 19.1 Å². The van der Waals surface area contributed by atoms with E-state index in [2.05, 4.69) is 46.7 Å². The molecule has 1 aliphatic heterocycles. The fourth-order valence-electron chi connectivity index (χ4n) is 2.85. The highest BCUT2D eigenvalue weighted by Gasteiger charge is 2.16. The number of benzene rings is 1. The van der Waals surface area contributed by atoms with Gasteiger partial charge in [0.25, 0.3) is 0 Å². The van der Waals surface area contributed by atoms with Crippen LogP contribution in [0.2, 0.25) is 0 Å². The Morgan fingerprint density at radius 2 is 2.08 bits per heavy atom. The second kappa shape index (κ2) is 13.4. The largest absolute Gasteiger partial charge is 0.376 e. The summed E-state index contributed by atoms with van der Waals surface area (Å²) in [7, 11) is 1.90. The first-order valence-corrected chi connectivity index (χ1v) is 8.50. The van der Waals surface area contributed by atoms with Crippen LogP contribution in [0.15, 0.2) is 24.3 Å². The van der Waals surface area contributed by atoms with Gasteiger partial charge in [0, 0.05) is 32.6 Å². The summed E-state index contributed by atoms with van der Waals surface area (Å²) >= 11 is 0. The summed E-state index contributed by atoms with van der Waals surface area (Å²) in [6.45, 7) is 7.31. The van der Waals surface area contributed by atoms with Crippen molar-refractivity contribution in [2.75, 3.05) is 33.3 Å². The third-order valence-electron chi connectivity index (χ3n) is 4.04. The number of carbonyl (C=O) groups excluding carboxylic acids is 1. The molecule has 0 spiro atoms. The maximum absolute atomic E-state index is 11.8. The van der Waals surface area contributed by atoms with Crippen molar-refractivity contribution in [3.05, 3.63) is 35.4 Å². The molecule has 1 heterocycles. The summed E-state index contributed by atoms with van der Waals surface area (Å²) < 4.78 is 5.58. The molecule has 0 radical (unpaired) electrons. The van der Waals surface area contributed by atoms with Crippen molar-refractivity contribution in [1.82, 2.24) is 15.5 Å². The Hall–Kier alpha value is -0.850. The number of halogens is 2. The van der Waals surface area contributed by atoms with Gasteiger partial charge in [-0.2, -0.15) is 0 Å². The van der Waals surface area contributed by atoms with Gasteiger partial charge in [0.15, 0.2) is 0 Å². The summed E-state index contributed by atoms with van der Waals surface area (Å²) in [6, 6.07) is 8.48. The molecule has 1 fully saturated rings. The van der Waals surface area contributed by atoms with E-state index in [4.69, 9.17) is 4.74 Å². The zero-order valence-electron chi connectivity index (χ0n) is 15.1. The molecule has 2 N–H and O–H groups in total. The fourth-order valence-corrected chi connectivity index (χ4v) is 2.85. The predicted octanol–water partition coefficient (Wildman–Crippen LogP) is 2.37. The Labute approximate surface area is 163 Å². The van der Waals surface area contributed by atoms with Gasteiger partial charge in [-0.3, -0.25) is 9.69 Å². The minimum absolute atomic E-state index is 0. The van der Waals surface area contributed by atoms with Crippen LogP contribution in [0.5, 0.6) is 0 Å². The van der Waals surface area contributed by atoms with E-state index in [1.54, 1.807) is 0 Å². The highest BCUT2D eigenvalue weighted by Crippen LogP contribution is 2.12. The molecule has 0 aliphatic carbocycles. The van der Waals surface area contributed by atoms with Crippen LogP contribution in [0.3, 0.4) is 0 Å². The molecule has 1 aromatic rings. The van der Waals surface area contributed by atoms with E-state index in [1.165, 1.54) is 5.56 Å². The topological polar surface area (TPSA) is 53.6 Å². The van der Waals surface area contributed by atoms with Crippen LogP contribution in [0.1, 0.15) is 30.9 Å². The van der Waals surface area contributed by atoms with Crippen LogP contribution < -0.4 is 10.6 Å². The number of nitrogens with zero attached hydrogens (tertiary/aromatic N) is 1. The first kappa shape index (κ1) is 24.1. The molecule has 7 heteroatoms. The zero-order chi connectivity index (χ0) is 16.5. The van der Waals surface area contributed by atoms with Gasteiger partial charge in [-0.15, -0.1) is 24.8 Å². The highest BCUT2D eigenvalue weighted by atomic mass is 35.5. The Bertz CT molecular complexity index is 503. The van der Waals surface area contributed by atoms with Gasteiger partial charge in [-0.05, 0) is 38.1 Å². The molecule has 25 heavy (non-hydrogen) atoms. The predicted molar refractivity (Wildman–Crippen MR) is 107 cm³/mol. The number of ether oxygens (including phenoxy) is 1. The minimum Gasteiger partial charge on any atom is -0.376 e. The Morgan fingerprint density at radius 3 is 2.80 bits per heavy atom. The molecular formula is C18H31Cl2N3O2. The summed E-state index contributed by atoms with van der Waals surface area (Å²) in [5.41, 5.74) is 2.45. The lowest BCUT2D eigenvalue weighted by molar-refractivity contribution is -0.121. The number of amides is 1. The quantitative estimate of drug-likeness (QED) is 0.667. The van der Waals surface area contributed by atoms with E-state index >= 15 is 0 Å². The number of carbonyl (C=O) groups is 1. The number of nitrogens with one attached hydrogen (secondary N) is 2. The molecule has 5 nitrogen and oxygen atoms in total. The first-order chi connectivity index (χ1) is 11.2. The maximum Gasteiger partial charge on any atom is 0.220 e. The number of hydrogen-bond acceptors (Lipinski definition) is 4. The summed E-state index contributed by atoms with van der Waals surface area (Å²) in [5.74, 6) is 0.118. The van der Waals surface area contributed by atoms with Crippen LogP contribution >= 0.6 is 24.8 Å². The molecule has 1 amide bonds. The maximum atomic E-state index is 11.8. The molecule has 0 aromatic heterocycles. The lowest BCUT2D eigenvalue weighted by Crippen LogP contribution is -2.40. The van der Waals surface area contributed by atoms with Crippen LogP contribution in [0, 0.1) is 0 Å². The Kier molecular flexibility index (Phi) is 12.9. The van der Waals surface area contributed by atoms with Crippen molar-refractivity contribution in [1.29, 1.82) is 0 Å². The lowest BCUT2D eigenvalue weighted by Gasteiger charge is -2.31. The monoisotopic (exact) mass is 391 g/mol. The second-order valence-electron chi connectivity index (χ2n) is 6.22. The molecule has 1 aromatic carbocycles. The molecule has 1 unspecified atom stereocenters. The van der Waals surface area contributed by atoms with E-state index in [1.807, 2.05) is 7.05 Å². The summed E-state index contributed by atoms with van der Waals surface area (Å²) in [5, 5.41) is 6.05. The number of hydrogen-bond donors (Lipinski definition) is 2. The first-order valence-electron chi connectivity index (χ1n) is 8.50. The van der Waals surface area contributed by atoms with Crippen LogP contribution in [-0.2, 0) is 22.6 Å². The second-order valence-corrected chi connectivity index (χ2v) is 6.22. The van der Waals surface area contributed by atoms with Crippen LogP contribution in [-0.4, -0.2) is 50.2 Å². The van der Waals surface area contributed by atoms with Crippen molar-refractivity contribution in [2.24, 2.45) is 0 Å². The van der Waals surface area contributed by atoms with Gasteiger partial charge in [0.05, 0.1) is 12.7 Å². The van der Waals surface area contributed by atoms with E-state index in [-0.39, 0.29) is 30.7 Å². The average molecular weight is 392 g/mol. The Balaban J connectivity index is 0.00000288. The summed E-state index contributed by atoms with van der Waals surface area (Å²) in [6.07, 6.45) is 1.76. The molecule has 2 rings (SSSR count). The molecule has 0 saturated carbocycles. The summed E-state index contributed by atoms with van der Waals surface area (Å²) in [4.78, 5) is 14.2.